The van der Waals surface area contributed by atoms with Gasteiger partial charge in [0.15, 0.2) is 0 Å². The van der Waals surface area contributed by atoms with Crippen LogP contribution in [0.25, 0.3) is 10.9 Å². The minimum atomic E-state index is -0.653. The molecule has 1 heterocycles. The van der Waals surface area contributed by atoms with E-state index in [1.165, 1.54) is 0 Å². The predicted octanol–water partition coefficient (Wildman–Crippen LogP) is 3.03. The minimum Gasteiger partial charge on any atom is -0.481 e. The zero-order chi connectivity index (χ0) is 12.6. The molecule has 0 aliphatic heterocycles. The maximum Gasteiger partial charge on any atom is 0.309 e. The summed E-state index contributed by atoms with van der Waals surface area (Å²) >= 11 is 0. The molecule has 3 nitrogen and oxygen atoms in total. The average molecular weight is 241 g/mol. The van der Waals surface area contributed by atoms with E-state index < -0.39 is 11.4 Å². The van der Waals surface area contributed by atoms with Gasteiger partial charge in [-0.15, -0.1) is 0 Å². The van der Waals surface area contributed by atoms with Gasteiger partial charge >= 0.3 is 5.97 Å². The summed E-state index contributed by atoms with van der Waals surface area (Å²) in [5.74, 6) is -0.653. The highest BCUT2D eigenvalue weighted by Crippen LogP contribution is 2.44. The molecule has 1 aliphatic carbocycles. The fourth-order valence-electron chi connectivity index (χ4n) is 2.70. The highest BCUT2D eigenvalue weighted by molar-refractivity contribution is 5.80. The van der Waals surface area contributed by atoms with Crippen LogP contribution in [-0.4, -0.2) is 16.1 Å². The number of hydrogen-bond donors (Lipinski definition) is 1. The molecule has 0 bridgehead atoms. The fourth-order valence-corrected chi connectivity index (χ4v) is 2.70. The summed E-state index contributed by atoms with van der Waals surface area (Å²) < 4.78 is 0. The first-order chi connectivity index (χ1) is 8.70. The van der Waals surface area contributed by atoms with Gasteiger partial charge in [0.1, 0.15) is 0 Å². The highest BCUT2D eigenvalue weighted by Gasteiger charge is 2.44. The molecule has 92 valence electrons. The molecule has 18 heavy (non-hydrogen) atoms. The Kier molecular flexibility index (Phi) is 2.54. The summed E-state index contributed by atoms with van der Waals surface area (Å²) in [4.78, 5) is 15.6. The van der Waals surface area contributed by atoms with Gasteiger partial charge < -0.3 is 5.11 Å². The van der Waals surface area contributed by atoms with Crippen LogP contribution in [0.5, 0.6) is 0 Å². The van der Waals surface area contributed by atoms with Gasteiger partial charge in [0, 0.05) is 11.6 Å². The Hall–Kier alpha value is -1.90. The standard InChI is InChI=1S/C15H15NO2/c17-14(18)15(6-2-7-15)10-11-4-5-13-12(9-11)3-1-8-16-13/h1,3-5,8-9H,2,6-7,10H2,(H,17,18). The Morgan fingerprint density at radius 3 is 2.83 bits per heavy atom. The Morgan fingerprint density at radius 2 is 2.17 bits per heavy atom. The van der Waals surface area contributed by atoms with Crippen molar-refractivity contribution in [1.82, 2.24) is 4.98 Å². The molecule has 3 heteroatoms. The molecule has 0 amide bonds. The number of carbonyl (C=O) groups is 1. The van der Waals surface area contributed by atoms with E-state index in [2.05, 4.69) is 11.1 Å². The van der Waals surface area contributed by atoms with Crippen LogP contribution in [0.2, 0.25) is 0 Å². The average Bonchev–Trinajstić information content (AvgIpc) is 2.33. The zero-order valence-electron chi connectivity index (χ0n) is 10.1. The van der Waals surface area contributed by atoms with Crippen LogP contribution in [-0.2, 0) is 11.2 Å². The molecule has 1 saturated carbocycles. The number of fused-ring (bicyclic) bond motifs is 1. The van der Waals surface area contributed by atoms with Crippen molar-refractivity contribution in [2.45, 2.75) is 25.7 Å². The number of benzene rings is 1. The van der Waals surface area contributed by atoms with Crippen molar-refractivity contribution in [2.75, 3.05) is 0 Å². The summed E-state index contributed by atoms with van der Waals surface area (Å²) in [6.45, 7) is 0. The molecule has 0 unspecified atom stereocenters. The minimum absolute atomic E-state index is 0.518. The number of aromatic nitrogens is 1. The van der Waals surface area contributed by atoms with Crippen molar-refractivity contribution in [1.29, 1.82) is 0 Å². The molecule has 1 aromatic carbocycles. The first kappa shape index (κ1) is 11.2. The number of nitrogens with zero attached hydrogens (tertiary/aromatic N) is 1. The maximum absolute atomic E-state index is 11.4. The maximum atomic E-state index is 11.4. The predicted molar refractivity (Wildman–Crippen MR) is 69.4 cm³/mol. The molecular formula is C15H15NO2. The summed E-state index contributed by atoms with van der Waals surface area (Å²) in [6.07, 6.45) is 5.03. The van der Waals surface area contributed by atoms with Crippen molar-refractivity contribution in [3.63, 3.8) is 0 Å². The number of carboxylic acids is 1. The molecule has 0 saturated heterocycles. The number of pyridine rings is 1. The van der Waals surface area contributed by atoms with Crippen LogP contribution in [0.15, 0.2) is 36.5 Å². The lowest BCUT2D eigenvalue weighted by atomic mass is 9.65. The van der Waals surface area contributed by atoms with Gasteiger partial charge in [-0.3, -0.25) is 9.78 Å². The second-order valence-electron chi connectivity index (χ2n) is 5.15. The Labute approximate surface area is 105 Å². The molecule has 1 aliphatic rings. The van der Waals surface area contributed by atoms with Gasteiger partial charge in [0.05, 0.1) is 10.9 Å². The number of rotatable bonds is 3. The molecule has 3 rings (SSSR count). The highest BCUT2D eigenvalue weighted by atomic mass is 16.4. The van der Waals surface area contributed by atoms with E-state index in [9.17, 15) is 9.90 Å². The summed E-state index contributed by atoms with van der Waals surface area (Å²) in [7, 11) is 0. The van der Waals surface area contributed by atoms with E-state index in [-0.39, 0.29) is 0 Å². The topological polar surface area (TPSA) is 50.2 Å². The normalized spacial score (nSPS) is 17.3. The van der Waals surface area contributed by atoms with Crippen molar-refractivity contribution in [3.05, 3.63) is 42.1 Å². The van der Waals surface area contributed by atoms with Crippen LogP contribution in [0.4, 0.5) is 0 Å². The number of carboxylic acid groups (broad SMARTS) is 1. The van der Waals surface area contributed by atoms with E-state index in [1.54, 1.807) is 6.20 Å². The van der Waals surface area contributed by atoms with Crippen molar-refractivity contribution < 1.29 is 9.90 Å². The van der Waals surface area contributed by atoms with E-state index in [0.29, 0.717) is 6.42 Å². The Morgan fingerprint density at radius 1 is 1.33 bits per heavy atom. The quantitative estimate of drug-likeness (QED) is 0.898. The van der Waals surface area contributed by atoms with E-state index in [0.717, 1.165) is 35.7 Å². The monoisotopic (exact) mass is 241 g/mol. The van der Waals surface area contributed by atoms with Crippen LogP contribution < -0.4 is 0 Å². The molecule has 0 spiro atoms. The van der Waals surface area contributed by atoms with Crippen molar-refractivity contribution in [3.8, 4) is 0 Å². The van der Waals surface area contributed by atoms with E-state index in [1.807, 2.05) is 24.3 Å². The van der Waals surface area contributed by atoms with Gasteiger partial charge in [-0.25, -0.2) is 0 Å². The molecule has 1 aromatic heterocycles. The number of aliphatic carboxylic acids is 1. The van der Waals surface area contributed by atoms with Gasteiger partial charge in [0.25, 0.3) is 0 Å². The molecule has 2 aromatic rings. The third-order valence-corrected chi connectivity index (χ3v) is 3.97. The van der Waals surface area contributed by atoms with Crippen LogP contribution in [0, 0.1) is 5.41 Å². The summed E-state index contributed by atoms with van der Waals surface area (Å²) in [6, 6.07) is 9.95. The fraction of sp³-hybridized carbons (Fsp3) is 0.333. The van der Waals surface area contributed by atoms with E-state index in [4.69, 9.17) is 0 Å². The van der Waals surface area contributed by atoms with Crippen molar-refractivity contribution >= 4 is 16.9 Å². The zero-order valence-corrected chi connectivity index (χ0v) is 10.1. The van der Waals surface area contributed by atoms with Crippen molar-refractivity contribution in [2.24, 2.45) is 5.41 Å². The molecule has 0 atom stereocenters. The Balaban J connectivity index is 1.93. The lowest BCUT2D eigenvalue weighted by Gasteiger charge is -2.37. The van der Waals surface area contributed by atoms with Crippen LogP contribution in [0.1, 0.15) is 24.8 Å². The number of hydrogen-bond acceptors (Lipinski definition) is 2. The lowest BCUT2D eigenvalue weighted by molar-refractivity contribution is -0.154. The van der Waals surface area contributed by atoms with Gasteiger partial charge in [-0.2, -0.15) is 0 Å². The molecule has 0 radical (unpaired) electrons. The third kappa shape index (κ3) is 1.76. The summed E-state index contributed by atoms with van der Waals surface area (Å²) in [5, 5.41) is 10.4. The second-order valence-corrected chi connectivity index (χ2v) is 5.15. The molecule has 1 fully saturated rings. The first-order valence-corrected chi connectivity index (χ1v) is 6.27. The SMILES string of the molecule is O=C(O)C1(Cc2ccc3ncccc3c2)CCC1. The summed E-state index contributed by atoms with van der Waals surface area (Å²) in [5.41, 5.74) is 1.53. The largest absolute Gasteiger partial charge is 0.481 e. The second kappa shape index (κ2) is 4.09. The first-order valence-electron chi connectivity index (χ1n) is 6.27. The molecular weight excluding hydrogens is 226 g/mol. The van der Waals surface area contributed by atoms with Gasteiger partial charge in [0.2, 0.25) is 0 Å². The van der Waals surface area contributed by atoms with Gasteiger partial charge in [-0.05, 0) is 43.0 Å². The third-order valence-electron chi connectivity index (χ3n) is 3.97. The Bertz CT molecular complexity index is 602. The van der Waals surface area contributed by atoms with E-state index >= 15 is 0 Å². The lowest BCUT2D eigenvalue weighted by Crippen LogP contribution is -2.39. The van der Waals surface area contributed by atoms with Gasteiger partial charge in [-0.1, -0.05) is 18.6 Å². The smallest absolute Gasteiger partial charge is 0.309 e. The molecule has 1 N–H and O–H groups in total. The van der Waals surface area contributed by atoms with Crippen LogP contribution >= 0.6 is 0 Å². The van der Waals surface area contributed by atoms with Crippen LogP contribution in [0.3, 0.4) is 0 Å².